The van der Waals surface area contributed by atoms with Gasteiger partial charge in [0, 0.05) is 23.2 Å². The quantitative estimate of drug-likeness (QED) is 0.754. The zero-order valence-corrected chi connectivity index (χ0v) is 16.5. The van der Waals surface area contributed by atoms with Gasteiger partial charge in [0.25, 0.3) is 0 Å². The van der Waals surface area contributed by atoms with Gasteiger partial charge >= 0.3 is 5.97 Å². The fraction of sp³-hybridized carbons (Fsp3) is 0.562. The molecule has 0 atom stereocenters. The number of aromatic carboxylic acids is 1. The predicted octanol–water partition coefficient (Wildman–Crippen LogP) is 3.91. The molecule has 2 heterocycles. The number of carbonyl (C=O) groups is 1. The lowest BCUT2D eigenvalue weighted by atomic mass is 10.1. The second kappa shape index (κ2) is 7.21. The molecule has 8 heteroatoms. The summed E-state index contributed by atoms with van der Waals surface area (Å²) in [5.74, 6) is -0.252. The Bertz CT molecular complexity index is 732. The lowest BCUT2D eigenvalue weighted by Crippen LogP contribution is -2.35. The fourth-order valence-corrected chi connectivity index (χ4v) is 3.14. The van der Waals surface area contributed by atoms with Crippen molar-refractivity contribution in [3.8, 4) is 0 Å². The topological polar surface area (TPSA) is 87.1 Å². The van der Waals surface area contributed by atoms with E-state index in [4.69, 9.17) is 0 Å². The highest BCUT2D eigenvalue weighted by Crippen LogP contribution is 2.35. The van der Waals surface area contributed by atoms with E-state index in [1.165, 1.54) is 17.7 Å². The average molecular weight is 373 g/mol. The van der Waals surface area contributed by atoms with Gasteiger partial charge in [0.2, 0.25) is 0 Å². The average Bonchev–Trinajstić information content (AvgIpc) is 2.73. The van der Waals surface area contributed by atoms with Gasteiger partial charge in [-0.3, -0.25) is 0 Å². The van der Waals surface area contributed by atoms with Gasteiger partial charge in [-0.05, 0) is 41.5 Å². The van der Waals surface area contributed by atoms with Crippen molar-refractivity contribution >= 4 is 45.7 Å². The van der Waals surface area contributed by atoms with Crippen LogP contribution in [0.15, 0.2) is 6.33 Å². The van der Waals surface area contributed by atoms with E-state index in [0.29, 0.717) is 22.1 Å². The summed E-state index contributed by atoms with van der Waals surface area (Å²) >= 11 is 1.19. The van der Waals surface area contributed by atoms with Gasteiger partial charge in [0.15, 0.2) is 0 Å². The molecule has 0 aromatic carbocycles. The summed E-state index contributed by atoms with van der Waals surface area (Å²) in [6, 6.07) is 0. The Balaban J connectivity index is 0.00000288. The smallest absolute Gasteiger partial charge is 0.346 e. The molecule has 0 unspecified atom stereocenters. The molecule has 2 rings (SSSR count). The van der Waals surface area contributed by atoms with E-state index in [1.807, 2.05) is 41.5 Å². The van der Waals surface area contributed by atoms with E-state index in [1.54, 1.807) is 0 Å². The summed E-state index contributed by atoms with van der Waals surface area (Å²) in [6.07, 6.45) is 1.47. The van der Waals surface area contributed by atoms with E-state index < -0.39 is 5.97 Å². The first kappa shape index (κ1) is 20.6. The highest BCUT2D eigenvalue weighted by atomic mass is 35.5. The molecule has 0 radical (unpaired) electrons. The number of carboxylic acid groups (broad SMARTS) is 1. The summed E-state index contributed by atoms with van der Waals surface area (Å²) in [4.78, 5) is 21.2. The van der Waals surface area contributed by atoms with Crippen molar-refractivity contribution < 1.29 is 9.90 Å². The molecular weight excluding hydrogens is 348 g/mol. The third kappa shape index (κ3) is 5.03. The van der Waals surface area contributed by atoms with Gasteiger partial charge in [-0.25, -0.2) is 14.8 Å². The second-order valence-corrected chi connectivity index (χ2v) is 8.59. The molecule has 0 aliphatic carbocycles. The molecule has 2 aromatic heterocycles. The molecule has 2 aromatic rings. The lowest BCUT2D eigenvalue weighted by Gasteiger charge is -2.23. The number of fused-ring (bicyclic) bond motifs is 1. The number of halogens is 1. The van der Waals surface area contributed by atoms with Gasteiger partial charge in [-0.15, -0.1) is 23.7 Å². The molecule has 134 valence electrons. The standard InChI is InChI=1S/C16H24N4O2S.ClH/c1-15(2,3)19-7-9-10-12(20-16(4,5)6)17-8-18-13(10)23-11(9)14(21)22;/h8,19H,7H2,1-6H3,(H,21,22)(H,17,18,20);1H. The van der Waals surface area contributed by atoms with Crippen LogP contribution in [0.2, 0.25) is 0 Å². The molecule has 0 bridgehead atoms. The number of nitrogens with zero attached hydrogens (tertiary/aromatic N) is 2. The predicted molar refractivity (Wildman–Crippen MR) is 102 cm³/mol. The van der Waals surface area contributed by atoms with Crippen molar-refractivity contribution in [1.29, 1.82) is 0 Å². The molecule has 0 saturated heterocycles. The normalized spacial score (nSPS) is 12.1. The minimum atomic E-state index is -0.930. The molecule has 3 N–H and O–H groups in total. The molecule has 0 aliphatic rings. The van der Waals surface area contributed by atoms with Crippen LogP contribution in [0.4, 0.5) is 5.82 Å². The lowest BCUT2D eigenvalue weighted by molar-refractivity contribution is 0.0701. The largest absolute Gasteiger partial charge is 0.477 e. The molecule has 0 spiro atoms. The van der Waals surface area contributed by atoms with E-state index >= 15 is 0 Å². The van der Waals surface area contributed by atoms with E-state index in [2.05, 4.69) is 20.6 Å². The van der Waals surface area contributed by atoms with Gasteiger partial charge < -0.3 is 15.7 Å². The number of hydrogen-bond donors (Lipinski definition) is 3. The Kier molecular flexibility index (Phi) is 6.19. The van der Waals surface area contributed by atoms with Crippen LogP contribution in [0, 0.1) is 0 Å². The van der Waals surface area contributed by atoms with Gasteiger partial charge in [0.1, 0.15) is 21.9 Å². The van der Waals surface area contributed by atoms with Gasteiger partial charge in [-0.2, -0.15) is 0 Å². The van der Waals surface area contributed by atoms with Crippen LogP contribution >= 0.6 is 23.7 Å². The maximum absolute atomic E-state index is 11.6. The minimum absolute atomic E-state index is 0. The molecule has 0 aliphatic heterocycles. The highest BCUT2D eigenvalue weighted by molar-refractivity contribution is 7.20. The number of anilines is 1. The molecule has 0 fully saturated rings. The third-order valence-electron chi connectivity index (χ3n) is 3.07. The van der Waals surface area contributed by atoms with Crippen LogP contribution in [0.1, 0.15) is 56.8 Å². The van der Waals surface area contributed by atoms with Crippen molar-refractivity contribution in [2.24, 2.45) is 0 Å². The number of carboxylic acids is 1. The summed E-state index contributed by atoms with van der Waals surface area (Å²) in [7, 11) is 0. The van der Waals surface area contributed by atoms with Crippen molar-refractivity contribution in [1.82, 2.24) is 15.3 Å². The zero-order valence-electron chi connectivity index (χ0n) is 14.9. The maximum Gasteiger partial charge on any atom is 0.346 e. The number of nitrogens with one attached hydrogen (secondary N) is 2. The molecule has 24 heavy (non-hydrogen) atoms. The highest BCUT2D eigenvalue weighted by Gasteiger charge is 2.24. The van der Waals surface area contributed by atoms with Crippen LogP contribution in [-0.2, 0) is 6.54 Å². The monoisotopic (exact) mass is 372 g/mol. The molecule has 0 amide bonds. The number of aromatic nitrogens is 2. The van der Waals surface area contributed by atoms with Crippen LogP contribution in [0.3, 0.4) is 0 Å². The minimum Gasteiger partial charge on any atom is -0.477 e. The first-order valence-corrected chi connectivity index (χ1v) is 8.32. The van der Waals surface area contributed by atoms with Crippen LogP contribution < -0.4 is 10.6 Å². The first-order chi connectivity index (χ1) is 10.5. The Labute approximate surface area is 152 Å². The van der Waals surface area contributed by atoms with E-state index in [-0.39, 0.29) is 23.5 Å². The Hall–Kier alpha value is -1.44. The zero-order chi connectivity index (χ0) is 17.4. The third-order valence-corrected chi connectivity index (χ3v) is 4.20. The molecular formula is C16H25ClN4O2S. The summed E-state index contributed by atoms with van der Waals surface area (Å²) in [5, 5.41) is 17.0. The maximum atomic E-state index is 11.6. The SMILES string of the molecule is CC(C)(C)NCc1c(C(=O)O)sc2ncnc(NC(C)(C)C)c12.Cl. The van der Waals surface area contributed by atoms with Gasteiger partial charge in [-0.1, -0.05) is 0 Å². The van der Waals surface area contributed by atoms with Crippen molar-refractivity contribution in [2.75, 3.05) is 5.32 Å². The van der Waals surface area contributed by atoms with E-state index in [9.17, 15) is 9.90 Å². The molecule has 0 saturated carbocycles. The molecule has 6 nitrogen and oxygen atoms in total. The summed E-state index contributed by atoms with van der Waals surface area (Å²) in [5.41, 5.74) is 0.443. The van der Waals surface area contributed by atoms with Crippen molar-refractivity contribution in [3.05, 3.63) is 16.8 Å². The van der Waals surface area contributed by atoms with Gasteiger partial charge in [0.05, 0.1) is 5.39 Å². The first-order valence-electron chi connectivity index (χ1n) is 7.51. The fourth-order valence-electron chi connectivity index (χ4n) is 2.14. The van der Waals surface area contributed by atoms with Crippen molar-refractivity contribution in [2.45, 2.75) is 59.2 Å². The van der Waals surface area contributed by atoms with E-state index in [0.717, 1.165) is 10.9 Å². The Morgan fingerprint density at radius 3 is 2.29 bits per heavy atom. The second-order valence-electron chi connectivity index (χ2n) is 7.60. The summed E-state index contributed by atoms with van der Waals surface area (Å²) < 4.78 is 0. The van der Waals surface area contributed by atoms with Crippen LogP contribution in [-0.4, -0.2) is 32.1 Å². The Morgan fingerprint density at radius 2 is 1.79 bits per heavy atom. The van der Waals surface area contributed by atoms with Crippen molar-refractivity contribution in [3.63, 3.8) is 0 Å². The van der Waals surface area contributed by atoms with Crippen LogP contribution in [0.25, 0.3) is 10.2 Å². The number of rotatable bonds is 4. The number of thiophene rings is 1. The van der Waals surface area contributed by atoms with Crippen LogP contribution in [0.5, 0.6) is 0 Å². The Morgan fingerprint density at radius 1 is 1.17 bits per heavy atom. The summed E-state index contributed by atoms with van der Waals surface area (Å²) in [6.45, 7) is 12.7. The number of hydrogen-bond acceptors (Lipinski definition) is 6.